The highest BCUT2D eigenvalue weighted by Crippen LogP contribution is 2.40. The van der Waals surface area contributed by atoms with Crippen LogP contribution in [0.2, 0.25) is 0 Å². The molecule has 10 heteroatoms. The minimum atomic E-state index is -0.805. The van der Waals surface area contributed by atoms with Gasteiger partial charge in [-0.2, -0.15) is 4.80 Å². The number of aliphatic carboxylic acids is 2. The number of hydrogen-bond donors (Lipinski definition) is 3. The fourth-order valence-electron chi connectivity index (χ4n) is 5.53. The Bertz CT molecular complexity index is 821. The molecule has 3 fully saturated rings. The normalized spacial score (nSPS) is 34.4. The molecule has 0 unspecified atom stereocenters. The molecule has 0 radical (unpaired) electrons. The molecule has 0 aromatic carbocycles. The summed E-state index contributed by atoms with van der Waals surface area (Å²) >= 11 is 0. The number of rotatable bonds is 5. The Morgan fingerprint density at radius 2 is 1.87 bits per heavy atom. The van der Waals surface area contributed by atoms with Gasteiger partial charge in [0.15, 0.2) is 5.82 Å². The van der Waals surface area contributed by atoms with E-state index in [1.54, 1.807) is 4.80 Å². The summed E-state index contributed by atoms with van der Waals surface area (Å²) < 4.78 is 0. The molecule has 172 valence electrons. The fourth-order valence-corrected chi connectivity index (χ4v) is 5.53. The van der Waals surface area contributed by atoms with Crippen LogP contribution in [0.1, 0.15) is 64.7 Å². The number of nitrogens with zero attached hydrogens (tertiary/aromatic N) is 5. The van der Waals surface area contributed by atoms with E-state index >= 15 is 0 Å². The minimum absolute atomic E-state index is 0.101. The lowest BCUT2D eigenvalue weighted by molar-refractivity contribution is -0.143. The Morgan fingerprint density at radius 3 is 2.52 bits per heavy atom. The molecule has 10 nitrogen and oxygen atoms in total. The summed E-state index contributed by atoms with van der Waals surface area (Å²) in [5.74, 6) is 0.403. The van der Waals surface area contributed by atoms with Gasteiger partial charge in [-0.15, -0.1) is 10.2 Å². The molecular weight excluding hydrogens is 400 g/mol. The number of likely N-dealkylation sites (tertiary alicyclic amines) is 1. The highest BCUT2D eigenvalue weighted by atomic mass is 16.4. The van der Waals surface area contributed by atoms with Crippen molar-refractivity contribution in [3.05, 3.63) is 5.82 Å². The first-order valence-corrected chi connectivity index (χ1v) is 11.3. The molecule has 1 aliphatic carbocycles. The van der Waals surface area contributed by atoms with Crippen LogP contribution >= 0.6 is 0 Å². The molecule has 3 heterocycles. The summed E-state index contributed by atoms with van der Waals surface area (Å²) in [5, 5.41) is 35.2. The zero-order valence-corrected chi connectivity index (χ0v) is 18.6. The summed E-state index contributed by atoms with van der Waals surface area (Å²) in [6.07, 6.45) is 4.24. The zero-order chi connectivity index (χ0) is 22.3. The Labute approximate surface area is 182 Å². The average Bonchev–Trinajstić information content (AvgIpc) is 3.34. The largest absolute Gasteiger partial charge is 0.480 e. The molecule has 1 aromatic rings. The van der Waals surface area contributed by atoms with Crippen molar-refractivity contribution in [1.82, 2.24) is 30.4 Å². The van der Waals surface area contributed by atoms with Crippen molar-refractivity contribution in [3.8, 4) is 0 Å². The maximum atomic E-state index is 12.0. The quantitative estimate of drug-likeness (QED) is 0.624. The fraction of sp³-hybridized carbons (Fsp3) is 0.857. The minimum Gasteiger partial charge on any atom is -0.480 e. The summed E-state index contributed by atoms with van der Waals surface area (Å²) in [6.45, 7) is 8.18. The van der Waals surface area contributed by atoms with Gasteiger partial charge >= 0.3 is 11.9 Å². The predicted octanol–water partition coefficient (Wildman–Crippen LogP) is 1.15. The van der Waals surface area contributed by atoms with Crippen molar-refractivity contribution in [1.29, 1.82) is 0 Å². The van der Waals surface area contributed by atoms with Gasteiger partial charge in [0.25, 0.3) is 0 Å². The van der Waals surface area contributed by atoms with Gasteiger partial charge in [0, 0.05) is 18.5 Å². The first kappa shape index (κ1) is 22.1. The summed E-state index contributed by atoms with van der Waals surface area (Å²) in [5.41, 5.74) is -0.204. The van der Waals surface area contributed by atoms with Crippen molar-refractivity contribution >= 4 is 11.9 Å². The van der Waals surface area contributed by atoms with Crippen molar-refractivity contribution in [2.24, 2.45) is 17.8 Å². The van der Waals surface area contributed by atoms with Crippen LogP contribution < -0.4 is 5.32 Å². The highest BCUT2D eigenvalue weighted by molar-refractivity contribution is 5.74. The standard InChI is InChI=1S/C21H34N6O4/c1-21(2,3)20-23-25-27(24-20)15-8-17(19(30)31)26(11-15)10-12-4-5-13-9-22-16(18(28)29)7-14(13)6-12/h12-17,22H,4-11H2,1-3H3,(H,28,29)(H,30,31)/t12-,13-,14+,15-,16-,17-/m0/s1. The Balaban J connectivity index is 1.41. The second-order valence-electron chi connectivity index (χ2n) is 10.6. The van der Waals surface area contributed by atoms with E-state index in [4.69, 9.17) is 0 Å². The van der Waals surface area contributed by atoms with Crippen molar-refractivity contribution in [2.75, 3.05) is 19.6 Å². The van der Waals surface area contributed by atoms with Crippen LogP contribution in [0.15, 0.2) is 0 Å². The van der Waals surface area contributed by atoms with Gasteiger partial charge in [-0.05, 0) is 61.6 Å². The van der Waals surface area contributed by atoms with E-state index < -0.39 is 24.0 Å². The molecule has 2 saturated heterocycles. The molecule has 31 heavy (non-hydrogen) atoms. The number of carboxylic acids is 2. The molecule has 0 bridgehead atoms. The molecule has 1 aromatic heterocycles. The lowest BCUT2D eigenvalue weighted by Gasteiger charge is -2.42. The second-order valence-corrected chi connectivity index (χ2v) is 10.6. The van der Waals surface area contributed by atoms with Crippen LogP contribution in [0.25, 0.3) is 0 Å². The topological polar surface area (TPSA) is 133 Å². The Hall–Kier alpha value is -2.07. The molecule has 3 aliphatic rings. The van der Waals surface area contributed by atoms with Gasteiger partial charge in [0.05, 0.1) is 6.04 Å². The van der Waals surface area contributed by atoms with Crippen LogP contribution in [0.3, 0.4) is 0 Å². The SMILES string of the molecule is CC(C)(C)c1nnn([C@H]2C[C@@H](C(=O)O)N(C[C@H]3CC[C@H]4CN[C@H](C(=O)O)C[C@H]4C3)C2)n1. The molecule has 0 amide bonds. The van der Waals surface area contributed by atoms with Crippen LogP contribution in [0, 0.1) is 17.8 Å². The number of carbonyl (C=O) groups is 2. The molecule has 6 atom stereocenters. The third-order valence-corrected chi connectivity index (χ3v) is 7.30. The van der Waals surface area contributed by atoms with Gasteiger partial charge in [-0.1, -0.05) is 20.8 Å². The Kier molecular flexibility index (Phi) is 6.04. The summed E-state index contributed by atoms with van der Waals surface area (Å²) in [4.78, 5) is 27.0. The van der Waals surface area contributed by atoms with Gasteiger partial charge < -0.3 is 15.5 Å². The van der Waals surface area contributed by atoms with E-state index in [2.05, 4.69) is 25.6 Å². The number of aromatic nitrogens is 4. The Morgan fingerprint density at radius 1 is 1.10 bits per heavy atom. The van der Waals surface area contributed by atoms with Crippen LogP contribution in [-0.4, -0.2) is 79.0 Å². The van der Waals surface area contributed by atoms with E-state index in [9.17, 15) is 19.8 Å². The van der Waals surface area contributed by atoms with Gasteiger partial charge in [0.1, 0.15) is 12.1 Å². The third-order valence-electron chi connectivity index (χ3n) is 7.30. The van der Waals surface area contributed by atoms with Gasteiger partial charge in [-0.25, -0.2) is 0 Å². The number of nitrogens with one attached hydrogen (secondary N) is 1. The second kappa shape index (κ2) is 8.46. The zero-order valence-electron chi connectivity index (χ0n) is 18.6. The summed E-state index contributed by atoms with van der Waals surface area (Å²) in [6, 6.07) is -1.11. The number of hydrogen-bond acceptors (Lipinski definition) is 7. The van der Waals surface area contributed by atoms with Gasteiger partial charge in [-0.3, -0.25) is 14.5 Å². The monoisotopic (exact) mass is 434 g/mol. The number of carboxylic acid groups (broad SMARTS) is 2. The van der Waals surface area contributed by atoms with E-state index in [1.807, 2.05) is 20.8 Å². The highest BCUT2D eigenvalue weighted by Gasteiger charge is 2.42. The molecule has 1 saturated carbocycles. The van der Waals surface area contributed by atoms with Crippen molar-refractivity contribution in [3.63, 3.8) is 0 Å². The van der Waals surface area contributed by atoms with Crippen LogP contribution in [-0.2, 0) is 15.0 Å². The van der Waals surface area contributed by atoms with Crippen LogP contribution in [0.5, 0.6) is 0 Å². The number of fused-ring (bicyclic) bond motifs is 1. The van der Waals surface area contributed by atoms with E-state index in [-0.39, 0.29) is 11.5 Å². The van der Waals surface area contributed by atoms with Gasteiger partial charge in [0.2, 0.25) is 0 Å². The van der Waals surface area contributed by atoms with E-state index in [1.165, 1.54) is 0 Å². The number of tetrazole rings is 1. The van der Waals surface area contributed by atoms with Crippen molar-refractivity contribution in [2.45, 2.75) is 76.4 Å². The molecule has 0 spiro atoms. The van der Waals surface area contributed by atoms with E-state index in [0.717, 1.165) is 32.4 Å². The molecule has 2 aliphatic heterocycles. The van der Waals surface area contributed by atoms with Crippen molar-refractivity contribution < 1.29 is 19.8 Å². The molecule has 3 N–H and O–H groups in total. The average molecular weight is 435 g/mol. The maximum Gasteiger partial charge on any atom is 0.321 e. The molecule has 4 rings (SSSR count). The lowest BCUT2D eigenvalue weighted by Crippen LogP contribution is -2.50. The predicted molar refractivity (Wildman–Crippen MR) is 112 cm³/mol. The van der Waals surface area contributed by atoms with E-state index in [0.29, 0.717) is 43.0 Å². The first-order chi connectivity index (χ1) is 14.6. The first-order valence-electron chi connectivity index (χ1n) is 11.3. The third kappa shape index (κ3) is 4.74. The summed E-state index contributed by atoms with van der Waals surface area (Å²) in [7, 11) is 0. The molecular formula is C21H34N6O4. The maximum absolute atomic E-state index is 12.0. The van der Waals surface area contributed by atoms with Crippen LogP contribution in [0.4, 0.5) is 0 Å². The smallest absolute Gasteiger partial charge is 0.321 e. The number of piperidine rings is 1. The lowest BCUT2D eigenvalue weighted by atomic mass is 9.69.